The fourth-order valence-electron chi connectivity index (χ4n) is 3.72. The topological polar surface area (TPSA) is 122 Å². The van der Waals surface area contributed by atoms with Crippen LogP contribution in [-0.2, 0) is 20.8 Å². The number of amides is 1. The molecule has 32 heavy (non-hydrogen) atoms. The zero-order chi connectivity index (χ0) is 22.9. The summed E-state index contributed by atoms with van der Waals surface area (Å²) in [6, 6.07) is 6.94. The molecule has 2 heterocycles. The highest BCUT2D eigenvalue weighted by atomic mass is 16.6. The van der Waals surface area contributed by atoms with E-state index in [9.17, 15) is 9.59 Å². The zero-order valence-electron chi connectivity index (χ0n) is 18.7. The van der Waals surface area contributed by atoms with E-state index in [-0.39, 0.29) is 37.8 Å². The van der Waals surface area contributed by atoms with Crippen LogP contribution in [0.4, 0.5) is 0 Å². The van der Waals surface area contributed by atoms with Gasteiger partial charge in [-0.05, 0) is 43.6 Å². The number of nitrogens with two attached hydrogens (primary N) is 1. The average Bonchev–Trinajstić information content (AvgIpc) is 3.17. The molecule has 0 bridgehead atoms. The number of guanidine groups is 1. The van der Waals surface area contributed by atoms with Gasteiger partial charge in [-0.3, -0.25) is 20.0 Å². The molecule has 0 spiro atoms. The Balaban J connectivity index is 1.41. The monoisotopic (exact) mass is 444 g/mol. The van der Waals surface area contributed by atoms with E-state index in [1.165, 1.54) is 6.34 Å². The minimum absolute atomic E-state index is 0.0652. The smallest absolute Gasteiger partial charge is 0.338 e. The molecule has 2 aliphatic rings. The summed E-state index contributed by atoms with van der Waals surface area (Å²) in [5, 5.41) is 2.45. The van der Waals surface area contributed by atoms with Gasteiger partial charge in [0.25, 0.3) is 5.91 Å². The Kier molecular flexibility index (Phi) is 8.57. The molecule has 2 atom stereocenters. The van der Waals surface area contributed by atoms with Crippen molar-refractivity contribution < 1.29 is 19.1 Å². The number of hydrogen-bond donors (Lipinski definition) is 2. The van der Waals surface area contributed by atoms with E-state index in [1.54, 1.807) is 11.0 Å². The number of carbonyl (C=O) groups excluding carboxylic acids is 2. The average molecular weight is 445 g/mol. The van der Waals surface area contributed by atoms with Gasteiger partial charge in [-0.1, -0.05) is 26.0 Å². The number of hydrogen-bond acceptors (Lipinski definition) is 9. The van der Waals surface area contributed by atoms with Gasteiger partial charge < -0.3 is 20.1 Å². The van der Waals surface area contributed by atoms with Crippen LogP contribution in [-0.4, -0.2) is 79.2 Å². The van der Waals surface area contributed by atoms with E-state index >= 15 is 0 Å². The lowest BCUT2D eigenvalue weighted by atomic mass is 10.1. The largest absolute Gasteiger partial charge is 0.460 e. The first-order valence-corrected chi connectivity index (χ1v) is 11.0. The molecule has 10 heteroatoms. The Hall–Kier alpha value is -2.98. The summed E-state index contributed by atoms with van der Waals surface area (Å²) < 4.78 is 10.9. The van der Waals surface area contributed by atoms with Crippen molar-refractivity contribution in [2.45, 2.75) is 45.4 Å². The second-order valence-electron chi connectivity index (χ2n) is 7.79. The fraction of sp³-hybridized carbons (Fsp3) is 0.545. The van der Waals surface area contributed by atoms with Gasteiger partial charge in [0.1, 0.15) is 13.3 Å². The van der Waals surface area contributed by atoms with Crippen LogP contribution in [0.3, 0.4) is 0 Å². The highest BCUT2D eigenvalue weighted by Gasteiger charge is 2.39. The van der Waals surface area contributed by atoms with Crippen molar-refractivity contribution in [3.8, 4) is 0 Å². The van der Waals surface area contributed by atoms with Gasteiger partial charge in [-0.15, -0.1) is 0 Å². The van der Waals surface area contributed by atoms with E-state index in [1.807, 2.05) is 18.2 Å². The highest BCUT2D eigenvalue weighted by molar-refractivity contribution is 6.02. The number of aliphatic imine (C=N–C) groups is 2. The molecule has 3 rings (SSSR count). The number of carbonyl (C=O) groups is 2. The van der Waals surface area contributed by atoms with Crippen LogP contribution in [0.15, 0.2) is 34.3 Å². The fourth-order valence-corrected chi connectivity index (χ4v) is 3.72. The molecule has 0 aliphatic carbocycles. The van der Waals surface area contributed by atoms with Crippen LogP contribution >= 0.6 is 0 Å². The molecule has 1 aromatic rings. The van der Waals surface area contributed by atoms with Gasteiger partial charge in [-0.2, -0.15) is 0 Å². The Labute approximate surface area is 188 Å². The molecule has 3 N–H and O–H groups in total. The lowest BCUT2D eigenvalue weighted by Gasteiger charge is -2.27. The van der Waals surface area contributed by atoms with E-state index in [2.05, 4.69) is 34.0 Å². The zero-order valence-corrected chi connectivity index (χ0v) is 18.7. The van der Waals surface area contributed by atoms with Crippen molar-refractivity contribution in [1.82, 2.24) is 15.1 Å². The first kappa shape index (κ1) is 23.7. The maximum absolute atomic E-state index is 12.4. The lowest BCUT2D eigenvalue weighted by molar-refractivity contribution is -0.122. The second-order valence-corrected chi connectivity index (χ2v) is 7.79. The molecule has 0 radical (unpaired) electrons. The maximum Gasteiger partial charge on any atom is 0.338 e. The summed E-state index contributed by atoms with van der Waals surface area (Å²) in [6.07, 6.45) is 3.21. The third kappa shape index (κ3) is 6.27. The third-order valence-corrected chi connectivity index (χ3v) is 5.14. The number of esters is 1. The van der Waals surface area contributed by atoms with Gasteiger partial charge in [0.2, 0.25) is 0 Å². The predicted octanol–water partition coefficient (Wildman–Crippen LogP) is 0.923. The molecule has 2 unspecified atom stereocenters. The third-order valence-electron chi connectivity index (χ3n) is 5.14. The molecule has 0 saturated carbocycles. The molecule has 2 aliphatic heterocycles. The second kappa shape index (κ2) is 11.6. The normalized spacial score (nSPS) is 19.7. The SMILES string of the molecule is CCCN(CCC)Cc1cccc(C(=O)OCCOCN2C=NC3C(=O)NC(N)=NC32)c1. The first-order valence-electron chi connectivity index (χ1n) is 11.0. The highest BCUT2D eigenvalue weighted by Crippen LogP contribution is 2.17. The van der Waals surface area contributed by atoms with Gasteiger partial charge in [0, 0.05) is 6.54 Å². The van der Waals surface area contributed by atoms with Crippen molar-refractivity contribution in [1.29, 1.82) is 0 Å². The predicted molar refractivity (Wildman–Crippen MR) is 121 cm³/mol. The summed E-state index contributed by atoms with van der Waals surface area (Å²) in [4.78, 5) is 36.7. The summed E-state index contributed by atoms with van der Waals surface area (Å²) in [5.41, 5.74) is 7.24. The van der Waals surface area contributed by atoms with Gasteiger partial charge in [0.15, 0.2) is 18.2 Å². The number of rotatable bonds is 12. The Morgan fingerprint density at radius 3 is 2.78 bits per heavy atom. The molecule has 1 amide bonds. The van der Waals surface area contributed by atoms with E-state index in [4.69, 9.17) is 15.2 Å². The van der Waals surface area contributed by atoms with E-state index in [0.717, 1.165) is 38.0 Å². The molecular weight excluding hydrogens is 412 g/mol. The quantitative estimate of drug-likeness (QED) is 0.363. The van der Waals surface area contributed by atoms with Crippen molar-refractivity contribution in [2.75, 3.05) is 33.0 Å². The number of nitrogens with one attached hydrogen (secondary N) is 1. The van der Waals surface area contributed by atoms with Crippen LogP contribution in [0, 0.1) is 0 Å². The molecule has 1 aromatic carbocycles. The van der Waals surface area contributed by atoms with E-state index < -0.39 is 12.2 Å². The Morgan fingerprint density at radius 1 is 1.25 bits per heavy atom. The summed E-state index contributed by atoms with van der Waals surface area (Å²) >= 11 is 0. The van der Waals surface area contributed by atoms with Gasteiger partial charge in [0.05, 0.1) is 18.5 Å². The number of fused-ring (bicyclic) bond motifs is 1. The number of ether oxygens (including phenoxy) is 2. The lowest BCUT2D eigenvalue weighted by Crippen LogP contribution is -2.54. The Morgan fingerprint density at radius 2 is 2.03 bits per heavy atom. The van der Waals surface area contributed by atoms with Crippen LogP contribution in [0.2, 0.25) is 0 Å². The number of nitrogens with zero attached hydrogens (tertiary/aromatic N) is 4. The van der Waals surface area contributed by atoms with Crippen molar-refractivity contribution >= 4 is 24.2 Å². The maximum atomic E-state index is 12.4. The summed E-state index contributed by atoms with van der Waals surface area (Å²) in [6.45, 7) is 7.70. The number of benzene rings is 1. The molecule has 0 fully saturated rings. The van der Waals surface area contributed by atoms with Gasteiger partial charge in [-0.25, -0.2) is 9.79 Å². The molecule has 0 aromatic heterocycles. The minimum Gasteiger partial charge on any atom is -0.460 e. The molecular formula is C22H32N6O4. The summed E-state index contributed by atoms with van der Waals surface area (Å²) in [7, 11) is 0. The van der Waals surface area contributed by atoms with E-state index in [0.29, 0.717) is 5.56 Å². The summed E-state index contributed by atoms with van der Waals surface area (Å²) in [5.74, 6) is -0.600. The first-order chi connectivity index (χ1) is 15.5. The van der Waals surface area contributed by atoms with Crippen LogP contribution in [0.5, 0.6) is 0 Å². The van der Waals surface area contributed by atoms with Crippen molar-refractivity contribution in [2.24, 2.45) is 15.7 Å². The van der Waals surface area contributed by atoms with Crippen molar-refractivity contribution in [3.63, 3.8) is 0 Å². The van der Waals surface area contributed by atoms with Crippen LogP contribution in [0.25, 0.3) is 0 Å². The standard InChI is InChI=1S/C22H32N6O4/c1-3-8-27(9-4-2)13-16-6-5-7-17(12-16)21(30)32-11-10-31-15-28-14-24-18-19(28)25-22(23)26-20(18)29/h5-7,12,14,18-19H,3-4,8-11,13,15H2,1-2H3,(H3,23,25,26,29). The van der Waals surface area contributed by atoms with Crippen molar-refractivity contribution in [3.05, 3.63) is 35.4 Å². The van der Waals surface area contributed by atoms with Crippen LogP contribution in [0.1, 0.15) is 42.6 Å². The van der Waals surface area contributed by atoms with Gasteiger partial charge >= 0.3 is 5.97 Å². The minimum atomic E-state index is -0.624. The molecule has 10 nitrogen and oxygen atoms in total. The Bertz CT molecular complexity index is 853. The molecule has 0 saturated heterocycles. The molecule has 174 valence electrons. The van der Waals surface area contributed by atoms with Crippen LogP contribution < -0.4 is 11.1 Å².